The second kappa shape index (κ2) is 3.86. The maximum absolute atomic E-state index is 5.87. The fourth-order valence-corrected chi connectivity index (χ4v) is 2.05. The van der Waals surface area contributed by atoms with E-state index in [2.05, 4.69) is 22.1 Å². The van der Waals surface area contributed by atoms with Gasteiger partial charge in [0.25, 0.3) is 0 Å². The fraction of sp³-hybridized carbons (Fsp3) is 0.0769. The van der Waals surface area contributed by atoms with Gasteiger partial charge in [-0.3, -0.25) is 0 Å². The number of aromatic nitrogens is 3. The Balaban J connectivity index is 2.27. The molecule has 0 bridgehead atoms. The number of benzene rings is 1. The molecule has 2 aromatic heterocycles. The first-order valence-corrected chi connectivity index (χ1v) is 5.58. The molecule has 0 saturated carbocycles. The van der Waals surface area contributed by atoms with E-state index in [1.165, 1.54) is 6.33 Å². The van der Waals surface area contributed by atoms with Gasteiger partial charge in [-0.25, -0.2) is 9.97 Å². The Morgan fingerprint density at radius 1 is 1.24 bits per heavy atom. The number of hydrogen-bond acceptors (Lipinski definition) is 2. The zero-order valence-electron chi connectivity index (χ0n) is 9.18. The summed E-state index contributed by atoms with van der Waals surface area (Å²) < 4.78 is 2.05. The Labute approximate surface area is 104 Å². The Bertz CT molecular complexity index is 688. The SMILES string of the molecule is Cn1c(-c2cc(Cl)ncn2)[c]c2ccccc21. The summed E-state index contributed by atoms with van der Waals surface area (Å²) >= 11 is 5.87. The van der Waals surface area contributed by atoms with Gasteiger partial charge in [-0.05, 0) is 6.07 Å². The van der Waals surface area contributed by atoms with Crippen molar-refractivity contribution in [2.45, 2.75) is 0 Å². The van der Waals surface area contributed by atoms with Crippen LogP contribution in [0, 0.1) is 6.07 Å². The summed E-state index contributed by atoms with van der Waals surface area (Å²) in [6.45, 7) is 0. The molecular weight excluding hydrogens is 234 g/mol. The largest absolute Gasteiger partial charge is 0.342 e. The molecule has 1 aromatic carbocycles. The van der Waals surface area contributed by atoms with E-state index in [1.807, 2.05) is 29.8 Å². The van der Waals surface area contributed by atoms with Crippen molar-refractivity contribution in [2.75, 3.05) is 0 Å². The standard InChI is InChI=1S/C13H9ClN3/c1-17-11-5-3-2-4-9(11)6-12(17)10-7-13(14)16-8-15-10/h2-5,7-8H,1H3. The van der Waals surface area contributed by atoms with Crippen molar-refractivity contribution in [3.05, 3.63) is 47.9 Å². The molecule has 0 spiro atoms. The van der Waals surface area contributed by atoms with Crippen LogP contribution in [0.3, 0.4) is 0 Å². The average molecular weight is 243 g/mol. The first kappa shape index (κ1) is 10.3. The highest BCUT2D eigenvalue weighted by molar-refractivity contribution is 6.29. The van der Waals surface area contributed by atoms with E-state index in [1.54, 1.807) is 6.07 Å². The molecule has 3 rings (SSSR count). The molecule has 2 heterocycles. The molecule has 4 heteroatoms. The van der Waals surface area contributed by atoms with Crippen molar-refractivity contribution >= 4 is 22.5 Å². The molecule has 0 amide bonds. The highest BCUT2D eigenvalue weighted by atomic mass is 35.5. The molecule has 0 saturated heterocycles. The summed E-state index contributed by atoms with van der Waals surface area (Å²) in [6, 6.07) is 13.1. The van der Waals surface area contributed by atoms with Crippen LogP contribution in [0.5, 0.6) is 0 Å². The number of rotatable bonds is 1. The van der Waals surface area contributed by atoms with E-state index >= 15 is 0 Å². The molecule has 0 aliphatic heterocycles. The summed E-state index contributed by atoms with van der Waals surface area (Å²) in [5.74, 6) is 0. The maximum Gasteiger partial charge on any atom is 0.133 e. The van der Waals surface area contributed by atoms with Crippen LogP contribution in [0.2, 0.25) is 5.15 Å². The summed E-state index contributed by atoms with van der Waals surface area (Å²) in [5.41, 5.74) is 2.82. The number of hydrogen-bond donors (Lipinski definition) is 0. The third-order valence-corrected chi connectivity index (χ3v) is 2.94. The molecule has 0 N–H and O–H groups in total. The minimum atomic E-state index is 0.439. The lowest BCUT2D eigenvalue weighted by Crippen LogP contribution is -1.93. The average Bonchev–Trinajstić information content (AvgIpc) is 2.68. The number of nitrogens with zero attached hydrogens (tertiary/aromatic N) is 3. The monoisotopic (exact) mass is 242 g/mol. The topological polar surface area (TPSA) is 30.7 Å². The van der Waals surface area contributed by atoms with Crippen LogP contribution in [0.4, 0.5) is 0 Å². The zero-order chi connectivity index (χ0) is 11.8. The normalized spacial score (nSPS) is 10.9. The minimum absolute atomic E-state index is 0.439. The van der Waals surface area contributed by atoms with Crippen molar-refractivity contribution < 1.29 is 0 Å². The van der Waals surface area contributed by atoms with Crippen LogP contribution < -0.4 is 0 Å². The van der Waals surface area contributed by atoms with Crippen molar-refractivity contribution in [3.63, 3.8) is 0 Å². The number of aryl methyl sites for hydroxylation is 1. The van der Waals surface area contributed by atoms with Crippen LogP contribution in [0.1, 0.15) is 0 Å². The Morgan fingerprint density at radius 3 is 2.82 bits per heavy atom. The molecule has 3 nitrogen and oxygen atoms in total. The summed E-state index contributed by atoms with van der Waals surface area (Å²) in [5, 5.41) is 1.51. The highest BCUT2D eigenvalue weighted by Crippen LogP contribution is 2.25. The van der Waals surface area contributed by atoms with E-state index in [4.69, 9.17) is 11.6 Å². The molecule has 1 radical (unpaired) electrons. The van der Waals surface area contributed by atoms with Crippen LogP contribution >= 0.6 is 11.6 Å². The van der Waals surface area contributed by atoms with E-state index in [0.29, 0.717) is 5.15 Å². The fourth-order valence-electron chi connectivity index (χ4n) is 1.90. The molecule has 17 heavy (non-hydrogen) atoms. The quantitative estimate of drug-likeness (QED) is 0.614. The van der Waals surface area contributed by atoms with Gasteiger partial charge in [0.15, 0.2) is 0 Å². The lowest BCUT2D eigenvalue weighted by atomic mass is 10.2. The third kappa shape index (κ3) is 1.68. The number of para-hydroxylation sites is 1. The molecule has 0 atom stereocenters. The van der Waals surface area contributed by atoms with Gasteiger partial charge in [0.1, 0.15) is 11.5 Å². The van der Waals surface area contributed by atoms with Crippen molar-refractivity contribution in [1.29, 1.82) is 0 Å². The molecule has 0 aliphatic carbocycles. The van der Waals surface area contributed by atoms with Gasteiger partial charge in [-0.1, -0.05) is 29.8 Å². The van der Waals surface area contributed by atoms with Gasteiger partial charge in [0.05, 0.1) is 11.4 Å². The zero-order valence-corrected chi connectivity index (χ0v) is 9.94. The van der Waals surface area contributed by atoms with Gasteiger partial charge in [0.2, 0.25) is 0 Å². The van der Waals surface area contributed by atoms with Gasteiger partial charge < -0.3 is 4.57 Å². The first-order chi connectivity index (χ1) is 8.25. The molecule has 3 aromatic rings. The van der Waals surface area contributed by atoms with E-state index in [0.717, 1.165) is 22.3 Å². The van der Waals surface area contributed by atoms with Crippen molar-refractivity contribution in [3.8, 4) is 11.4 Å². The Kier molecular flexibility index (Phi) is 2.34. The second-order valence-corrected chi connectivity index (χ2v) is 4.16. The smallest absolute Gasteiger partial charge is 0.133 e. The summed E-state index contributed by atoms with van der Waals surface area (Å²) in [6.07, 6.45) is 1.46. The minimum Gasteiger partial charge on any atom is -0.342 e. The second-order valence-electron chi connectivity index (χ2n) is 3.78. The summed E-state index contributed by atoms with van der Waals surface area (Å²) in [4.78, 5) is 8.10. The Morgan fingerprint density at radius 2 is 2.06 bits per heavy atom. The molecule has 0 aliphatic rings. The van der Waals surface area contributed by atoms with Crippen LogP contribution in [-0.4, -0.2) is 14.5 Å². The van der Waals surface area contributed by atoms with E-state index < -0.39 is 0 Å². The predicted octanol–water partition coefficient (Wildman–Crippen LogP) is 3.09. The van der Waals surface area contributed by atoms with Crippen LogP contribution in [0.15, 0.2) is 36.7 Å². The van der Waals surface area contributed by atoms with E-state index in [9.17, 15) is 0 Å². The van der Waals surface area contributed by atoms with Gasteiger partial charge in [0, 0.05) is 30.1 Å². The van der Waals surface area contributed by atoms with Gasteiger partial charge in [-0.15, -0.1) is 0 Å². The molecule has 0 unspecified atom stereocenters. The number of halogens is 1. The number of fused-ring (bicyclic) bond motifs is 1. The van der Waals surface area contributed by atoms with Crippen LogP contribution in [0.25, 0.3) is 22.3 Å². The van der Waals surface area contributed by atoms with Crippen LogP contribution in [-0.2, 0) is 7.05 Å². The van der Waals surface area contributed by atoms with Gasteiger partial charge >= 0.3 is 0 Å². The van der Waals surface area contributed by atoms with Crippen molar-refractivity contribution in [1.82, 2.24) is 14.5 Å². The van der Waals surface area contributed by atoms with E-state index in [-0.39, 0.29) is 0 Å². The maximum atomic E-state index is 5.87. The highest BCUT2D eigenvalue weighted by Gasteiger charge is 2.09. The predicted molar refractivity (Wildman–Crippen MR) is 67.8 cm³/mol. The molecule has 83 valence electrons. The lowest BCUT2D eigenvalue weighted by Gasteiger charge is -2.02. The van der Waals surface area contributed by atoms with Gasteiger partial charge in [-0.2, -0.15) is 0 Å². The first-order valence-electron chi connectivity index (χ1n) is 5.20. The third-order valence-electron chi connectivity index (χ3n) is 2.73. The summed E-state index contributed by atoms with van der Waals surface area (Å²) in [7, 11) is 1.99. The molecule has 0 fully saturated rings. The molecular formula is C13H9ClN3. The lowest BCUT2D eigenvalue weighted by molar-refractivity contribution is 0.966. The van der Waals surface area contributed by atoms with Crippen molar-refractivity contribution in [2.24, 2.45) is 7.05 Å². The Hall–Kier alpha value is -1.87.